The number of Topliss-reactive ketones (excluding diaryl/α,β-unsaturated/α-hetero) is 1. The predicted molar refractivity (Wildman–Crippen MR) is 72.7 cm³/mol. The van der Waals surface area contributed by atoms with Crippen LogP contribution in [0.15, 0.2) is 18.2 Å². The molecule has 0 bridgehead atoms. The number of carbonyl (C=O) groups excluding carboxylic acids is 1. The van der Waals surface area contributed by atoms with Crippen molar-refractivity contribution in [3.8, 4) is 0 Å². The Kier molecular flexibility index (Phi) is 4.34. The highest BCUT2D eigenvalue weighted by Gasteiger charge is 2.21. The van der Waals surface area contributed by atoms with Crippen molar-refractivity contribution in [1.82, 2.24) is 4.90 Å². The number of aliphatic carboxylic acids is 1. The quantitative estimate of drug-likeness (QED) is 0.841. The molecule has 5 nitrogen and oxygen atoms in total. The number of hydrogen-bond donors (Lipinski definition) is 1. The second kappa shape index (κ2) is 6.00. The molecule has 0 radical (unpaired) electrons. The number of halogens is 1. The van der Waals surface area contributed by atoms with Crippen LogP contribution in [0, 0.1) is 5.82 Å². The second-order valence-electron chi connectivity index (χ2n) is 4.88. The van der Waals surface area contributed by atoms with Gasteiger partial charge >= 0.3 is 5.97 Å². The van der Waals surface area contributed by atoms with Crippen molar-refractivity contribution in [3.63, 3.8) is 0 Å². The van der Waals surface area contributed by atoms with E-state index in [0.29, 0.717) is 37.4 Å². The monoisotopic (exact) mass is 280 g/mol. The highest BCUT2D eigenvalue weighted by Crippen LogP contribution is 2.22. The molecular weight excluding hydrogens is 263 g/mol. The van der Waals surface area contributed by atoms with Crippen LogP contribution < -0.4 is 4.90 Å². The number of anilines is 1. The first-order valence-corrected chi connectivity index (χ1v) is 6.47. The van der Waals surface area contributed by atoms with E-state index in [2.05, 4.69) is 0 Å². The lowest BCUT2D eigenvalue weighted by Crippen LogP contribution is -2.48. The molecule has 2 rings (SSSR count). The first-order chi connectivity index (χ1) is 9.47. The summed E-state index contributed by atoms with van der Waals surface area (Å²) in [6.07, 6.45) is 0. The standard InChI is InChI=1S/C14H17FN2O3/c1-10(18)11-2-3-13(12(15)8-11)17-6-4-16(5-7-17)9-14(19)20/h2-3,8H,4-7,9H2,1H3,(H,19,20). The van der Waals surface area contributed by atoms with Crippen molar-refractivity contribution in [2.24, 2.45) is 0 Å². The summed E-state index contributed by atoms with van der Waals surface area (Å²) in [6.45, 7) is 3.73. The fraction of sp³-hybridized carbons (Fsp3) is 0.429. The van der Waals surface area contributed by atoms with Gasteiger partial charge in [-0.05, 0) is 25.1 Å². The minimum Gasteiger partial charge on any atom is -0.480 e. The van der Waals surface area contributed by atoms with Gasteiger partial charge in [-0.25, -0.2) is 4.39 Å². The van der Waals surface area contributed by atoms with Gasteiger partial charge in [-0.15, -0.1) is 0 Å². The number of ketones is 1. The molecule has 0 atom stereocenters. The van der Waals surface area contributed by atoms with Crippen LogP contribution in [0.1, 0.15) is 17.3 Å². The van der Waals surface area contributed by atoms with Crippen LogP contribution in [0.25, 0.3) is 0 Å². The Morgan fingerprint density at radius 1 is 1.25 bits per heavy atom. The van der Waals surface area contributed by atoms with Crippen LogP contribution in [0.4, 0.5) is 10.1 Å². The molecule has 1 aliphatic rings. The molecule has 1 fully saturated rings. The molecule has 0 amide bonds. The topological polar surface area (TPSA) is 60.9 Å². The van der Waals surface area contributed by atoms with Crippen molar-refractivity contribution >= 4 is 17.4 Å². The van der Waals surface area contributed by atoms with Gasteiger partial charge in [0.2, 0.25) is 0 Å². The zero-order valence-electron chi connectivity index (χ0n) is 11.3. The number of hydrogen-bond acceptors (Lipinski definition) is 4. The Balaban J connectivity index is 2.03. The molecule has 1 N–H and O–H groups in total. The number of rotatable bonds is 4. The van der Waals surface area contributed by atoms with Crippen molar-refractivity contribution in [2.45, 2.75) is 6.92 Å². The van der Waals surface area contributed by atoms with E-state index in [1.165, 1.54) is 13.0 Å². The lowest BCUT2D eigenvalue weighted by molar-refractivity contribution is -0.138. The molecule has 20 heavy (non-hydrogen) atoms. The molecule has 108 valence electrons. The summed E-state index contributed by atoms with van der Waals surface area (Å²) in [7, 11) is 0. The third-order valence-corrected chi connectivity index (χ3v) is 3.43. The molecule has 0 spiro atoms. The summed E-state index contributed by atoms with van der Waals surface area (Å²) < 4.78 is 14.0. The SMILES string of the molecule is CC(=O)c1ccc(N2CCN(CC(=O)O)CC2)c(F)c1. The fourth-order valence-corrected chi connectivity index (χ4v) is 2.32. The Morgan fingerprint density at radius 2 is 1.90 bits per heavy atom. The first-order valence-electron chi connectivity index (χ1n) is 6.47. The van der Waals surface area contributed by atoms with Gasteiger partial charge in [0.1, 0.15) is 5.82 Å². The van der Waals surface area contributed by atoms with E-state index in [0.717, 1.165) is 0 Å². The second-order valence-corrected chi connectivity index (χ2v) is 4.88. The Labute approximate surface area is 116 Å². The fourth-order valence-electron chi connectivity index (χ4n) is 2.32. The number of carboxylic acid groups (broad SMARTS) is 1. The molecule has 0 saturated carbocycles. The summed E-state index contributed by atoms with van der Waals surface area (Å²) in [4.78, 5) is 25.5. The first kappa shape index (κ1) is 14.5. The van der Waals surface area contributed by atoms with Crippen LogP contribution in [0.3, 0.4) is 0 Å². The third-order valence-electron chi connectivity index (χ3n) is 3.43. The predicted octanol–water partition coefficient (Wildman–Crippen LogP) is 1.23. The molecule has 0 unspecified atom stereocenters. The van der Waals surface area contributed by atoms with Crippen LogP contribution in [-0.4, -0.2) is 54.5 Å². The summed E-state index contributed by atoms with van der Waals surface area (Å²) in [5.41, 5.74) is 0.820. The van der Waals surface area contributed by atoms with E-state index < -0.39 is 11.8 Å². The lowest BCUT2D eigenvalue weighted by Gasteiger charge is -2.35. The summed E-state index contributed by atoms with van der Waals surface area (Å²) >= 11 is 0. The maximum atomic E-state index is 14.0. The summed E-state index contributed by atoms with van der Waals surface area (Å²) in [5.74, 6) is -1.43. The normalized spacial score (nSPS) is 16.2. The molecule has 1 aromatic rings. The van der Waals surface area contributed by atoms with Gasteiger partial charge in [0.05, 0.1) is 12.2 Å². The molecule has 0 aliphatic carbocycles. The minimum absolute atomic E-state index is 0.0135. The largest absolute Gasteiger partial charge is 0.480 e. The average Bonchev–Trinajstić information content (AvgIpc) is 2.39. The van der Waals surface area contributed by atoms with E-state index in [4.69, 9.17) is 5.11 Å². The highest BCUT2D eigenvalue weighted by molar-refractivity contribution is 5.94. The van der Waals surface area contributed by atoms with Crippen molar-refractivity contribution in [2.75, 3.05) is 37.6 Å². The highest BCUT2D eigenvalue weighted by atomic mass is 19.1. The van der Waals surface area contributed by atoms with Gasteiger partial charge in [0.25, 0.3) is 0 Å². The zero-order chi connectivity index (χ0) is 14.7. The van der Waals surface area contributed by atoms with Gasteiger partial charge in [-0.1, -0.05) is 0 Å². The van der Waals surface area contributed by atoms with E-state index in [-0.39, 0.29) is 12.3 Å². The van der Waals surface area contributed by atoms with Gasteiger partial charge in [-0.3, -0.25) is 14.5 Å². The van der Waals surface area contributed by atoms with Crippen LogP contribution in [-0.2, 0) is 4.79 Å². The van der Waals surface area contributed by atoms with E-state index in [1.54, 1.807) is 12.1 Å². The minimum atomic E-state index is -0.851. The van der Waals surface area contributed by atoms with E-state index in [9.17, 15) is 14.0 Å². The molecule has 1 saturated heterocycles. The van der Waals surface area contributed by atoms with Crippen molar-refractivity contribution < 1.29 is 19.1 Å². The van der Waals surface area contributed by atoms with Gasteiger partial charge < -0.3 is 10.0 Å². The Bertz CT molecular complexity index is 525. The maximum absolute atomic E-state index is 14.0. The number of carboxylic acids is 1. The van der Waals surface area contributed by atoms with Crippen LogP contribution >= 0.6 is 0 Å². The van der Waals surface area contributed by atoms with Gasteiger partial charge in [0.15, 0.2) is 5.78 Å². The van der Waals surface area contributed by atoms with Gasteiger partial charge in [0, 0.05) is 31.7 Å². The van der Waals surface area contributed by atoms with E-state index >= 15 is 0 Å². The van der Waals surface area contributed by atoms with E-state index in [1.807, 2.05) is 9.80 Å². The van der Waals surface area contributed by atoms with Crippen LogP contribution in [0.5, 0.6) is 0 Å². The van der Waals surface area contributed by atoms with Crippen LogP contribution in [0.2, 0.25) is 0 Å². The lowest BCUT2D eigenvalue weighted by atomic mass is 10.1. The molecule has 1 aromatic carbocycles. The average molecular weight is 280 g/mol. The number of carbonyl (C=O) groups is 2. The number of piperazine rings is 1. The van der Waals surface area contributed by atoms with Crippen molar-refractivity contribution in [3.05, 3.63) is 29.6 Å². The summed E-state index contributed by atoms with van der Waals surface area (Å²) in [6, 6.07) is 4.48. The number of nitrogens with zero attached hydrogens (tertiary/aromatic N) is 2. The Hall–Kier alpha value is -1.95. The smallest absolute Gasteiger partial charge is 0.317 e. The zero-order valence-corrected chi connectivity index (χ0v) is 11.3. The molecular formula is C14H17FN2O3. The molecule has 6 heteroatoms. The maximum Gasteiger partial charge on any atom is 0.317 e. The van der Waals surface area contributed by atoms with Crippen molar-refractivity contribution in [1.29, 1.82) is 0 Å². The number of benzene rings is 1. The third kappa shape index (κ3) is 3.33. The van der Waals surface area contributed by atoms with Gasteiger partial charge in [-0.2, -0.15) is 0 Å². The molecule has 1 heterocycles. The molecule has 1 aliphatic heterocycles. The summed E-state index contributed by atoms with van der Waals surface area (Å²) in [5, 5.41) is 8.73. The Morgan fingerprint density at radius 3 is 2.40 bits per heavy atom. The molecule has 0 aromatic heterocycles.